The lowest BCUT2D eigenvalue weighted by Gasteiger charge is -2.21. The van der Waals surface area contributed by atoms with Gasteiger partial charge < -0.3 is 4.90 Å². The van der Waals surface area contributed by atoms with Crippen molar-refractivity contribution in [2.45, 2.75) is 10.3 Å². The molecule has 0 bridgehead atoms. The molecule has 1 unspecified atom stereocenters. The maximum atomic E-state index is 11.4. The molecule has 0 spiro atoms. The lowest BCUT2D eigenvalue weighted by molar-refractivity contribution is 0.598. The molecule has 126 valence electrons. The van der Waals surface area contributed by atoms with Crippen LogP contribution in [0.4, 0.5) is 5.69 Å². The predicted molar refractivity (Wildman–Crippen MR) is 100 cm³/mol. The Morgan fingerprint density at radius 1 is 1.17 bits per heavy atom. The van der Waals surface area contributed by atoms with Gasteiger partial charge in [-0.25, -0.2) is 13.6 Å². The molecule has 2 N–H and O–H groups in total. The molecule has 5 nitrogen and oxygen atoms in total. The normalized spacial score (nSPS) is 17.9. The standard InChI is InChI=1S/C16H16ClN3O2S2/c1-23-15-10-20(13-6-4-12(17)5-7-13)16(19-15)11-2-8-14(9-3-11)24(18,21)22/h2-9,15H,10H2,1H3,(H2,18,21,22). The lowest BCUT2D eigenvalue weighted by Crippen LogP contribution is -2.29. The van der Waals surface area contributed by atoms with Gasteiger partial charge in [-0.1, -0.05) is 11.6 Å². The summed E-state index contributed by atoms with van der Waals surface area (Å²) in [6.45, 7) is 0.745. The van der Waals surface area contributed by atoms with Gasteiger partial charge in [-0.05, 0) is 54.8 Å². The number of nitrogens with zero attached hydrogens (tertiary/aromatic N) is 2. The van der Waals surface area contributed by atoms with Crippen molar-refractivity contribution in [2.24, 2.45) is 10.1 Å². The molecule has 0 radical (unpaired) electrons. The Balaban J connectivity index is 1.97. The maximum absolute atomic E-state index is 11.4. The third-order valence-corrected chi connectivity index (χ3v) is 5.69. The zero-order valence-corrected chi connectivity index (χ0v) is 15.3. The van der Waals surface area contributed by atoms with E-state index in [9.17, 15) is 8.42 Å². The van der Waals surface area contributed by atoms with E-state index in [1.54, 1.807) is 23.9 Å². The quantitative estimate of drug-likeness (QED) is 0.883. The second kappa shape index (κ2) is 6.76. The first-order valence-electron chi connectivity index (χ1n) is 7.15. The van der Waals surface area contributed by atoms with Crippen LogP contribution in [0.5, 0.6) is 0 Å². The van der Waals surface area contributed by atoms with Crippen molar-refractivity contribution >= 4 is 44.9 Å². The number of sulfonamides is 1. The van der Waals surface area contributed by atoms with Crippen molar-refractivity contribution in [1.82, 2.24) is 0 Å². The van der Waals surface area contributed by atoms with E-state index in [4.69, 9.17) is 21.7 Å². The summed E-state index contributed by atoms with van der Waals surface area (Å²) in [5.41, 5.74) is 1.83. The van der Waals surface area contributed by atoms with Gasteiger partial charge in [0.25, 0.3) is 0 Å². The van der Waals surface area contributed by atoms with Crippen LogP contribution in [0.15, 0.2) is 58.4 Å². The summed E-state index contributed by atoms with van der Waals surface area (Å²) < 4.78 is 22.8. The third kappa shape index (κ3) is 3.59. The fourth-order valence-corrected chi connectivity index (χ4v) is 3.63. The van der Waals surface area contributed by atoms with Crippen molar-refractivity contribution in [3.05, 3.63) is 59.1 Å². The lowest BCUT2D eigenvalue weighted by atomic mass is 10.2. The number of rotatable bonds is 4. The van der Waals surface area contributed by atoms with E-state index in [0.29, 0.717) is 5.02 Å². The molecule has 0 aliphatic carbocycles. The topological polar surface area (TPSA) is 75.8 Å². The van der Waals surface area contributed by atoms with Gasteiger partial charge in [0.15, 0.2) is 0 Å². The van der Waals surface area contributed by atoms with E-state index < -0.39 is 10.0 Å². The molecule has 24 heavy (non-hydrogen) atoms. The molecule has 1 aliphatic heterocycles. The summed E-state index contributed by atoms with van der Waals surface area (Å²) in [6.07, 6.45) is 2.02. The molecular formula is C16H16ClN3O2S2. The van der Waals surface area contributed by atoms with Crippen molar-refractivity contribution in [2.75, 3.05) is 17.7 Å². The number of amidine groups is 1. The molecular weight excluding hydrogens is 366 g/mol. The average Bonchev–Trinajstić information content (AvgIpc) is 2.99. The number of primary sulfonamides is 1. The van der Waals surface area contributed by atoms with Crippen molar-refractivity contribution < 1.29 is 8.42 Å². The second-order valence-electron chi connectivity index (χ2n) is 5.30. The van der Waals surface area contributed by atoms with Crippen molar-refractivity contribution in [3.8, 4) is 0 Å². The number of benzene rings is 2. The first-order chi connectivity index (χ1) is 11.4. The summed E-state index contributed by atoms with van der Waals surface area (Å²) in [7, 11) is -3.70. The Morgan fingerprint density at radius 3 is 2.33 bits per heavy atom. The van der Waals surface area contributed by atoms with E-state index in [0.717, 1.165) is 23.6 Å². The first-order valence-corrected chi connectivity index (χ1v) is 10.4. The Morgan fingerprint density at radius 2 is 1.79 bits per heavy atom. The van der Waals surface area contributed by atoms with Gasteiger partial charge in [0.05, 0.1) is 11.4 Å². The molecule has 2 aromatic carbocycles. The molecule has 0 fully saturated rings. The number of nitrogens with two attached hydrogens (primary N) is 1. The molecule has 0 saturated carbocycles. The van der Waals surface area contributed by atoms with E-state index in [1.165, 1.54) is 12.1 Å². The minimum Gasteiger partial charge on any atom is -0.323 e. The molecule has 0 amide bonds. The zero-order chi connectivity index (χ0) is 17.3. The molecule has 0 aromatic heterocycles. The number of aliphatic imine (C=N–C) groups is 1. The third-order valence-electron chi connectivity index (χ3n) is 3.71. The largest absolute Gasteiger partial charge is 0.323 e. The van der Waals surface area contributed by atoms with Gasteiger partial charge in [0.1, 0.15) is 11.2 Å². The van der Waals surface area contributed by atoms with Gasteiger partial charge in [-0.2, -0.15) is 0 Å². The average molecular weight is 382 g/mol. The second-order valence-corrected chi connectivity index (χ2v) is 8.31. The van der Waals surface area contributed by atoms with Gasteiger partial charge in [-0.3, -0.25) is 4.99 Å². The summed E-state index contributed by atoms with van der Waals surface area (Å²) in [6, 6.07) is 14.0. The van der Waals surface area contributed by atoms with Crippen molar-refractivity contribution in [3.63, 3.8) is 0 Å². The van der Waals surface area contributed by atoms with Gasteiger partial charge >= 0.3 is 0 Å². The van der Waals surface area contributed by atoms with Crippen LogP contribution in [0.2, 0.25) is 5.02 Å². The minimum atomic E-state index is -3.70. The van der Waals surface area contributed by atoms with E-state index in [-0.39, 0.29) is 10.3 Å². The van der Waals surface area contributed by atoms with E-state index in [1.807, 2.05) is 30.5 Å². The van der Waals surface area contributed by atoms with Crippen LogP contribution in [-0.4, -0.2) is 32.4 Å². The van der Waals surface area contributed by atoms with Crippen LogP contribution in [0, 0.1) is 0 Å². The number of thioether (sulfide) groups is 1. The monoisotopic (exact) mass is 381 g/mol. The summed E-state index contributed by atoms with van der Waals surface area (Å²) >= 11 is 7.63. The molecule has 8 heteroatoms. The van der Waals surface area contributed by atoms with Gasteiger partial charge in [-0.15, -0.1) is 11.8 Å². The number of hydrogen-bond acceptors (Lipinski definition) is 5. The Labute approximate surface area is 150 Å². The zero-order valence-electron chi connectivity index (χ0n) is 12.9. The van der Waals surface area contributed by atoms with Crippen LogP contribution in [0.3, 0.4) is 0 Å². The van der Waals surface area contributed by atoms with Gasteiger partial charge in [0.2, 0.25) is 10.0 Å². The predicted octanol–water partition coefficient (Wildman–Crippen LogP) is 2.94. The molecule has 1 atom stereocenters. The minimum absolute atomic E-state index is 0.0873. The van der Waals surface area contributed by atoms with Crippen LogP contribution in [-0.2, 0) is 10.0 Å². The number of hydrogen-bond donors (Lipinski definition) is 1. The fraction of sp³-hybridized carbons (Fsp3) is 0.188. The van der Waals surface area contributed by atoms with Gasteiger partial charge in [0, 0.05) is 16.3 Å². The Bertz CT molecular complexity index is 865. The SMILES string of the molecule is CSC1CN(c2ccc(Cl)cc2)C(c2ccc(S(N)(=O)=O)cc2)=N1. The molecule has 2 aromatic rings. The first kappa shape index (κ1) is 17.3. The Kier molecular flexibility index (Phi) is 4.87. The van der Waals surface area contributed by atoms with Crippen LogP contribution in [0.25, 0.3) is 0 Å². The highest BCUT2D eigenvalue weighted by atomic mass is 35.5. The highest BCUT2D eigenvalue weighted by Crippen LogP contribution is 2.28. The summed E-state index contributed by atoms with van der Waals surface area (Å²) in [5.74, 6) is 0.803. The molecule has 1 aliphatic rings. The molecule has 1 heterocycles. The van der Waals surface area contributed by atoms with E-state index in [2.05, 4.69) is 4.90 Å². The Hall–Kier alpha value is -1.54. The number of halogens is 1. The fourth-order valence-electron chi connectivity index (χ4n) is 2.49. The van der Waals surface area contributed by atoms with Crippen LogP contribution in [0.1, 0.15) is 5.56 Å². The smallest absolute Gasteiger partial charge is 0.238 e. The molecule has 0 saturated heterocycles. The maximum Gasteiger partial charge on any atom is 0.238 e. The van der Waals surface area contributed by atoms with Crippen LogP contribution >= 0.6 is 23.4 Å². The highest BCUT2D eigenvalue weighted by molar-refractivity contribution is 7.99. The van der Waals surface area contributed by atoms with Crippen molar-refractivity contribution in [1.29, 1.82) is 0 Å². The number of anilines is 1. The molecule has 3 rings (SSSR count). The van der Waals surface area contributed by atoms with Crippen LogP contribution < -0.4 is 10.0 Å². The summed E-state index contributed by atoms with van der Waals surface area (Å²) in [5, 5.41) is 5.95. The van der Waals surface area contributed by atoms with E-state index >= 15 is 0 Å². The highest BCUT2D eigenvalue weighted by Gasteiger charge is 2.27. The summed E-state index contributed by atoms with van der Waals surface area (Å²) in [4.78, 5) is 6.93.